The molecular weight excluding hydrogens is 380 g/mol. The first-order valence-electron chi connectivity index (χ1n) is 9.64. The Balaban J connectivity index is 1.47. The molecule has 7 nitrogen and oxygen atoms in total. The largest absolute Gasteiger partial charge is 0.393 e. The van der Waals surface area contributed by atoms with Crippen molar-refractivity contribution in [2.75, 3.05) is 0 Å². The fourth-order valence-corrected chi connectivity index (χ4v) is 5.75. The monoisotopic (exact) mass is 412 g/mol. The lowest BCUT2D eigenvalue weighted by atomic mass is 10.0. The zero-order chi connectivity index (χ0) is 19.5. The Kier molecular flexibility index (Phi) is 7.15. The van der Waals surface area contributed by atoms with Gasteiger partial charge in [-0.25, -0.2) is 0 Å². The van der Waals surface area contributed by atoms with Gasteiger partial charge in [-0.05, 0) is 51.4 Å². The second-order valence-electron chi connectivity index (χ2n) is 8.17. The second kappa shape index (κ2) is 8.43. The zero-order valence-electron chi connectivity index (χ0n) is 15.3. The van der Waals surface area contributed by atoms with Crippen molar-refractivity contribution in [3.63, 3.8) is 0 Å². The zero-order valence-corrected chi connectivity index (χ0v) is 16.9. The molecule has 2 aliphatic rings. The molecule has 26 heavy (non-hydrogen) atoms. The van der Waals surface area contributed by atoms with Crippen LogP contribution in [0.3, 0.4) is 0 Å². The topological polar surface area (TPSA) is 129 Å². The Morgan fingerprint density at radius 3 is 1.27 bits per heavy atom. The van der Waals surface area contributed by atoms with Gasteiger partial charge in [0, 0.05) is 0 Å². The molecule has 2 rings (SSSR count). The summed E-state index contributed by atoms with van der Waals surface area (Å²) in [5.74, 6) is 0. The first-order chi connectivity index (χ1) is 12.0. The van der Waals surface area contributed by atoms with E-state index in [1.807, 2.05) is 0 Å². The quantitative estimate of drug-likeness (QED) is 0.295. The molecule has 154 valence electrons. The molecule has 0 aromatic carbocycles. The lowest BCUT2D eigenvalue weighted by molar-refractivity contribution is 0.147. The molecule has 0 aromatic heterocycles. The van der Waals surface area contributed by atoms with Gasteiger partial charge in [-0.2, -0.15) is 16.8 Å². The van der Waals surface area contributed by atoms with Crippen LogP contribution in [0.2, 0.25) is 0 Å². The number of rotatable bonds is 14. The van der Waals surface area contributed by atoms with E-state index >= 15 is 0 Å². The Bertz CT molecular complexity index is 603. The highest BCUT2D eigenvalue weighted by Crippen LogP contribution is 2.47. The lowest BCUT2D eigenvalue weighted by Crippen LogP contribution is -2.22. The molecule has 0 atom stereocenters. The van der Waals surface area contributed by atoms with Crippen molar-refractivity contribution >= 4 is 20.2 Å². The SMILES string of the molecule is O=S(=O)(O)C1(CCCCCC(O)CCCCCC2(S(=O)(=O)O)CC2)CC1. The first kappa shape index (κ1) is 22.1. The molecule has 0 heterocycles. The maximum absolute atomic E-state index is 11.2. The van der Waals surface area contributed by atoms with Crippen molar-refractivity contribution in [2.24, 2.45) is 0 Å². The van der Waals surface area contributed by atoms with Gasteiger partial charge in [0.15, 0.2) is 0 Å². The van der Waals surface area contributed by atoms with E-state index < -0.39 is 29.7 Å². The van der Waals surface area contributed by atoms with Crippen LogP contribution in [-0.2, 0) is 20.2 Å². The van der Waals surface area contributed by atoms with Gasteiger partial charge in [-0.1, -0.05) is 38.5 Å². The maximum atomic E-state index is 11.2. The third kappa shape index (κ3) is 5.89. The van der Waals surface area contributed by atoms with Crippen LogP contribution in [-0.4, -0.2) is 46.6 Å². The molecule has 0 amide bonds. The number of aliphatic hydroxyl groups is 1. The van der Waals surface area contributed by atoms with Crippen molar-refractivity contribution < 1.29 is 31.0 Å². The average molecular weight is 413 g/mol. The van der Waals surface area contributed by atoms with Crippen LogP contribution < -0.4 is 0 Å². The van der Waals surface area contributed by atoms with E-state index in [2.05, 4.69) is 0 Å². The molecule has 0 unspecified atom stereocenters. The van der Waals surface area contributed by atoms with E-state index in [4.69, 9.17) is 0 Å². The third-order valence-corrected chi connectivity index (χ3v) is 9.46. The predicted octanol–water partition coefficient (Wildman–Crippen LogP) is 3.09. The number of unbranched alkanes of at least 4 members (excludes halogenated alkanes) is 4. The Labute approximate surface area is 157 Å². The van der Waals surface area contributed by atoms with Gasteiger partial charge in [0.05, 0.1) is 15.6 Å². The summed E-state index contributed by atoms with van der Waals surface area (Å²) in [5, 5.41) is 9.98. The smallest absolute Gasteiger partial charge is 0.270 e. The summed E-state index contributed by atoms with van der Waals surface area (Å²) in [6.45, 7) is 0. The summed E-state index contributed by atoms with van der Waals surface area (Å²) in [5.41, 5.74) is 0. The van der Waals surface area contributed by atoms with Gasteiger partial charge in [-0.3, -0.25) is 9.11 Å². The highest BCUT2D eigenvalue weighted by molar-refractivity contribution is 7.87. The van der Waals surface area contributed by atoms with Crippen LogP contribution in [0.5, 0.6) is 0 Å². The average Bonchev–Trinajstić information content (AvgIpc) is 3.39. The van der Waals surface area contributed by atoms with Crippen molar-refractivity contribution in [3.05, 3.63) is 0 Å². The fraction of sp³-hybridized carbons (Fsp3) is 1.00. The summed E-state index contributed by atoms with van der Waals surface area (Å²) < 4.78 is 61.6. The van der Waals surface area contributed by atoms with Crippen LogP contribution in [0.1, 0.15) is 89.9 Å². The summed E-state index contributed by atoms with van der Waals surface area (Å²) in [6.07, 6.45) is 8.97. The van der Waals surface area contributed by atoms with Gasteiger partial charge in [0.1, 0.15) is 0 Å². The van der Waals surface area contributed by atoms with E-state index in [1.165, 1.54) is 0 Å². The standard InChI is InChI=1S/C17H32O7S2/c18-15(7-3-1-5-9-16(11-12-16)25(19,20)21)8-4-2-6-10-17(13-14-17)26(22,23)24/h15,18H,1-14H2,(H,19,20,21)(H,22,23,24). The molecule has 0 radical (unpaired) electrons. The number of hydrogen-bond donors (Lipinski definition) is 3. The van der Waals surface area contributed by atoms with E-state index in [-0.39, 0.29) is 6.10 Å². The van der Waals surface area contributed by atoms with Crippen LogP contribution in [0, 0.1) is 0 Å². The molecule has 3 N–H and O–H groups in total. The minimum absolute atomic E-state index is 0.386. The third-order valence-electron chi connectivity index (χ3n) is 6.05. The molecular formula is C17H32O7S2. The number of hydrogen-bond acceptors (Lipinski definition) is 5. The molecule has 2 saturated carbocycles. The summed E-state index contributed by atoms with van der Waals surface area (Å²) in [6, 6.07) is 0. The molecule has 0 aromatic rings. The first-order valence-corrected chi connectivity index (χ1v) is 12.5. The van der Waals surface area contributed by atoms with Crippen molar-refractivity contribution in [1.29, 1.82) is 0 Å². The highest BCUT2D eigenvalue weighted by atomic mass is 32.2. The minimum Gasteiger partial charge on any atom is -0.393 e. The second-order valence-corrected chi connectivity index (χ2v) is 11.8. The van der Waals surface area contributed by atoms with E-state index in [0.717, 1.165) is 38.5 Å². The van der Waals surface area contributed by atoms with Gasteiger partial charge < -0.3 is 5.11 Å². The van der Waals surface area contributed by atoms with Crippen LogP contribution >= 0.6 is 0 Å². The van der Waals surface area contributed by atoms with E-state index in [1.54, 1.807) is 0 Å². The van der Waals surface area contributed by atoms with Crippen molar-refractivity contribution in [1.82, 2.24) is 0 Å². The van der Waals surface area contributed by atoms with Gasteiger partial charge >= 0.3 is 0 Å². The van der Waals surface area contributed by atoms with Gasteiger partial charge in [-0.15, -0.1) is 0 Å². The van der Waals surface area contributed by atoms with Crippen LogP contribution in [0.25, 0.3) is 0 Å². The Morgan fingerprint density at radius 1 is 0.654 bits per heavy atom. The Morgan fingerprint density at radius 2 is 1.00 bits per heavy atom. The number of aliphatic hydroxyl groups excluding tert-OH is 1. The van der Waals surface area contributed by atoms with Crippen molar-refractivity contribution in [3.8, 4) is 0 Å². The van der Waals surface area contributed by atoms with Gasteiger partial charge in [0.25, 0.3) is 20.2 Å². The van der Waals surface area contributed by atoms with E-state index in [0.29, 0.717) is 51.4 Å². The maximum Gasteiger partial charge on any atom is 0.270 e. The van der Waals surface area contributed by atoms with Crippen LogP contribution in [0.4, 0.5) is 0 Å². The molecule has 0 saturated heterocycles. The molecule has 2 aliphatic carbocycles. The normalized spacial score (nSPS) is 21.1. The molecule has 0 aliphatic heterocycles. The van der Waals surface area contributed by atoms with E-state index in [9.17, 15) is 31.0 Å². The predicted molar refractivity (Wildman–Crippen MR) is 99.2 cm³/mol. The fourth-order valence-electron chi connectivity index (χ4n) is 3.70. The molecule has 0 bridgehead atoms. The Hall–Kier alpha value is -0.220. The molecule has 9 heteroatoms. The highest BCUT2D eigenvalue weighted by Gasteiger charge is 2.53. The lowest BCUT2D eigenvalue weighted by Gasteiger charge is -2.13. The summed E-state index contributed by atoms with van der Waals surface area (Å²) >= 11 is 0. The molecule has 0 spiro atoms. The minimum atomic E-state index is -3.93. The summed E-state index contributed by atoms with van der Waals surface area (Å²) in [4.78, 5) is 0. The molecule has 2 fully saturated rings. The van der Waals surface area contributed by atoms with Crippen molar-refractivity contribution in [2.45, 2.75) is 105 Å². The van der Waals surface area contributed by atoms with Gasteiger partial charge in [0.2, 0.25) is 0 Å². The van der Waals surface area contributed by atoms with Crippen LogP contribution in [0.15, 0.2) is 0 Å². The summed E-state index contributed by atoms with van der Waals surface area (Å²) in [7, 11) is -7.86.